The van der Waals surface area contributed by atoms with Crippen molar-refractivity contribution in [2.24, 2.45) is 0 Å². The first-order valence-electron chi connectivity index (χ1n) is 5.13. The zero-order valence-electron chi connectivity index (χ0n) is 9.18. The van der Waals surface area contributed by atoms with Crippen molar-refractivity contribution in [2.45, 2.75) is 44.4 Å². The van der Waals surface area contributed by atoms with E-state index >= 15 is 0 Å². The highest BCUT2D eigenvalue weighted by atomic mass is 16.7. The van der Waals surface area contributed by atoms with Crippen LogP contribution >= 0.6 is 0 Å². The van der Waals surface area contributed by atoms with Crippen LogP contribution in [0.2, 0.25) is 0 Å². The van der Waals surface area contributed by atoms with Gasteiger partial charge in [-0.05, 0) is 6.42 Å². The Morgan fingerprint density at radius 2 is 1.62 bits per heavy atom. The van der Waals surface area contributed by atoms with Crippen molar-refractivity contribution in [1.82, 2.24) is 5.32 Å². The number of nitrogens with one attached hydrogen (secondary N) is 1. The van der Waals surface area contributed by atoms with E-state index in [1.807, 2.05) is 6.92 Å². The first kappa shape index (κ1) is 15.3. The van der Waals surface area contributed by atoms with Crippen LogP contribution in [0.4, 0.5) is 0 Å². The van der Waals surface area contributed by atoms with E-state index in [0.717, 1.165) is 19.3 Å². The van der Waals surface area contributed by atoms with E-state index in [4.69, 9.17) is 25.5 Å². The lowest BCUT2D eigenvalue weighted by Crippen LogP contribution is -2.63. The molecule has 16 heavy (non-hydrogen) atoms. The van der Waals surface area contributed by atoms with Gasteiger partial charge < -0.3 is 30.8 Å². The Morgan fingerprint density at radius 1 is 1.06 bits per heavy atom. The maximum Gasteiger partial charge on any atom is 0.342 e. The Labute approximate surface area is 93.3 Å². The van der Waals surface area contributed by atoms with Gasteiger partial charge in [0.15, 0.2) is 0 Å². The van der Waals surface area contributed by atoms with Gasteiger partial charge in [-0.3, -0.25) is 4.79 Å². The second-order valence-corrected chi connectivity index (χ2v) is 3.62. The summed E-state index contributed by atoms with van der Waals surface area (Å²) in [7, 11) is 0. The molecule has 7 heteroatoms. The highest BCUT2D eigenvalue weighted by molar-refractivity contribution is 5.83. The molecule has 6 N–H and O–H groups in total. The number of carbonyl (C=O) groups is 1. The maximum absolute atomic E-state index is 11.1. The van der Waals surface area contributed by atoms with Crippen molar-refractivity contribution in [3.63, 3.8) is 0 Å². The predicted octanol–water partition coefficient (Wildman–Crippen LogP) is -2.01. The molecule has 0 rings (SSSR count). The molecule has 0 aromatic heterocycles. The summed E-state index contributed by atoms with van der Waals surface area (Å²) in [4.78, 5) is 11.1. The molecule has 0 saturated carbocycles. The Kier molecular flexibility index (Phi) is 5.84. The van der Waals surface area contributed by atoms with Crippen LogP contribution in [0, 0.1) is 0 Å². The number of hydrogen-bond donors (Lipinski definition) is 6. The minimum Gasteiger partial charge on any atom is -0.352 e. The van der Waals surface area contributed by atoms with Crippen LogP contribution in [0.5, 0.6) is 0 Å². The molecule has 0 heterocycles. The minimum atomic E-state index is -3.89. The molecule has 0 aliphatic carbocycles. The van der Waals surface area contributed by atoms with Crippen LogP contribution in [-0.4, -0.2) is 49.7 Å². The van der Waals surface area contributed by atoms with Gasteiger partial charge in [0.1, 0.15) is 0 Å². The summed E-state index contributed by atoms with van der Waals surface area (Å²) in [6.07, 6.45) is 3.50. The van der Waals surface area contributed by atoms with Gasteiger partial charge in [0, 0.05) is 6.54 Å². The molecule has 0 radical (unpaired) electrons. The highest BCUT2D eigenvalue weighted by Crippen LogP contribution is 2.13. The summed E-state index contributed by atoms with van der Waals surface area (Å²) < 4.78 is 0. The van der Waals surface area contributed by atoms with Gasteiger partial charge in [0.25, 0.3) is 5.91 Å². The third kappa shape index (κ3) is 4.42. The molecular weight excluding hydrogens is 218 g/mol. The smallest absolute Gasteiger partial charge is 0.342 e. The van der Waals surface area contributed by atoms with Gasteiger partial charge in [-0.1, -0.05) is 26.2 Å². The van der Waals surface area contributed by atoms with Crippen molar-refractivity contribution < 1.29 is 30.3 Å². The summed E-state index contributed by atoms with van der Waals surface area (Å²) in [5.41, 5.74) is 0. The molecule has 0 aromatic carbocycles. The fourth-order valence-corrected chi connectivity index (χ4v) is 1.03. The molecule has 0 saturated heterocycles. The molecule has 1 amide bonds. The quantitative estimate of drug-likeness (QED) is 0.224. The normalized spacial score (nSPS) is 12.6. The molecule has 0 aliphatic heterocycles. The third-order valence-corrected chi connectivity index (χ3v) is 2.10. The van der Waals surface area contributed by atoms with Crippen molar-refractivity contribution >= 4 is 5.91 Å². The molecule has 0 unspecified atom stereocenters. The SMILES string of the molecule is CCCCCCNC(=O)C(O)(O)C(O)(O)O. The van der Waals surface area contributed by atoms with Crippen molar-refractivity contribution in [3.05, 3.63) is 0 Å². The Morgan fingerprint density at radius 3 is 2.06 bits per heavy atom. The minimum absolute atomic E-state index is 0.164. The molecule has 0 fully saturated rings. The second kappa shape index (κ2) is 6.12. The molecule has 0 spiro atoms. The summed E-state index contributed by atoms with van der Waals surface area (Å²) >= 11 is 0. The standard InChI is InChI=1S/C9H19NO6/c1-2-3-4-5-6-10-7(11)8(12,13)9(14,15)16/h12-16H,2-6H2,1H3,(H,10,11). The van der Waals surface area contributed by atoms with Crippen LogP contribution in [0.3, 0.4) is 0 Å². The van der Waals surface area contributed by atoms with E-state index in [1.165, 1.54) is 0 Å². The number of amides is 1. The molecule has 0 aromatic rings. The topological polar surface area (TPSA) is 130 Å². The molecule has 0 bridgehead atoms. The highest BCUT2D eigenvalue weighted by Gasteiger charge is 2.53. The monoisotopic (exact) mass is 237 g/mol. The van der Waals surface area contributed by atoms with Crippen LogP contribution in [0.15, 0.2) is 0 Å². The number of rotatable bonds is 7. The van der Waals surface area contributed by atoms with Gasteiger partial charge in [-0.25, -0.2) is 0 Å². The largest absolute Gasteiger partial charge is 0.352 e. The molecule has 0 aliphatic rings. The van der Waals surface area contributed by atoms with Crippen LogP contribution < -0.4 is 5.32 Å². The lowest BCUT2D eigenvalue weighted by molar-refractivity contribution is -0.428. The Hall–Kier alpha value is -0.730. The average molecular weight is 237 g/mol. The Balaban J connectivity index is 3.98. The lowest BCUT2D eigenvalue weighted by atomic mass is 10.2. The van der Waals surface area contributed by atoms with Crippen LogP contribution in [-0.2, 0) is 4.79 Å². The second-order valence-electron chi connectivity index (χ2n) is 3.62. The van der Waals surface area contributed by atoms with E-state index in [9.17, 15) is 4.79 Å². The fourth-order valence-electron chi connectivity index (χ4n) is 1.03. The van der Waals surface area contributed by atoms with Crippen LogP contribution in [0.25, 0.3) is 0 Å². The predicted molar refractivity (Wildman–Crippen MR) is 53.7 cm³/mol. The zero-order chi connectivity index (χ0) is 12.8. The number of carbonyl (C=O) groups excluding carboxylic acids is 1. The summed E-state index contributed by atoms with van der Waals surface area (Å²) in [6, 6.07) is 0. The summed E-state index contributed by atoms with van der Waals surface area (Å²) in [5, 5.41) is 45.4. The van der Waals surface area contributed by atoms with E-state index in [0.29, 0.717) is 6.42 Å². The summed E-state index contributed by atoms with van der Waals surface area (Å²) in [5.74, 6) is -8.99. The van der Waals surface area contributed by atoms with E-state index in [-0.39, 0.29) is 6.54 Å². The van der Waals surface area contributed by atoms with Gasteiger partial charge in [-0.2, -0.15) is 0 Å². The average Bonchev–Trinajstić information content (AvgIpc) is 2.15. The fraction of sp³-hybridized carbons (Fsp3) is 0.889. The van der Waals surface area contributed by atoms with E-state index < -0.39 is 17.7 Å². The van der Waals surface area contributed by atoms with Gasteiger partial charge in [0.05, 0.1) is 0 Å². The molecular formula is C9H19NO6. The number of hydrogen-bond acceptors (Lipinski definition) is 6. The molecule has 96 valence electrons. The number of unbranched alkanes of at least 4 members (excludes halogenated alkanes) is 3. The molecule has 7 nitrogen and oxygen atoms in total. The van der Waals surface area contributed by atoms with Crippen LogP contribution in [0.1, 0.15) is 32.6 Å². The Bertz CT molecular complexity index is 223. The summed E-state index contributed by atoms with van der Waals surface area (Å²) in [6.45, 7) is 2.18. The van der Waals surface area contributed by atoms with Gasteiger partial charge >= 0.3 is 11.8 Å². The van der Waals surface area contributed by atoms with Crippen molar-refractivity contribution in [3.8, 4) is 0 Å². The van der Waals surface area contributed by atoms with E-state index in [2.05, 4.69) is 5.32 Å². The van der Waals surface area contributed by atoms with Crippen molar-refractivity contribution in [1.29, 1.82) is 0 Å². The van der Waals surface area contributed by atoms with Crippen molar-refractivity contribution in [2.75, 3.05) is 6.54 Å². The van der Waals surface area contributed by atoms with Gasteiger partial charge in [-0.15, -0.1) is 0 Å². The molecule has 0 atom stereocenters. The maximum atomic E-state index is 11.1. The first-order valence-corrected chi connectivity index (χ1v) is 5.13. The third-order valence-electron chi connectivity index (χ3n) is 2.10. The first-order chi connectivity index (χ1) is 7.23. The van der Waals surface area contributed by atoms with Gasteiger partial charge in [0.2, 0.25) is 0 Å². The lowest BCUT2D eigenvalue weighted by Gasteiger charge is -2.28. The zero-order valence-corrected chi connectivity index (χ0v) is 9.18. The van der Waals surface area contributed by atoms with E-state index in [1.54, 1.807) is 0 Å². The number of aliphatic hydroxyl groups is 5.